The highest BCUT2D eigenvalue weighted by Gasteiger charge is 2.56. The average Bonchev–Trinajstić information content (AvgIpc) is 2.85. The molecule has 1 aromatic carbocycles. The Bertz CT molecular complexity index is 621. The van der Waals surface area contributed by atoms with E-state index in [2.05, 4.69) is 0 Å². The maximum absolute atomic E-state index is 12.7. The number of rotatable bonds is 6. The molecule has 1 aliphatic rings. The summed E-state index contributed by atoms with van der Waals surface area (Å²) in [6.07, 6.45) is 0.346. The quantitative estimate of drug-likeness (QED) is 0.590. The zero-order valence-electron chi connectivity index (χ0n) is 12.8. The number of para-hydroxylation sites is 1. The van der Waals surface area contributed by atoms with E-state index < -0.39 is 17.4 Å². The normalized spacial score (nSPS) is 19.3. The lowest BCUT2D eigenvalue weighted by Gasteiger charge is -2.24. The topological polar surface area (TPSA) is 78.9 Å². The molecule has 0 aliphatic carbocycles. The van der Waals surface area contributed by atoms with Gasteiger partial charge in [-0.05, 0) is 12.1 Å². The molecule has 1 heterocycles. The molecule has 0 amide bonds. The third-order valence-electron chi connectivity index (χ3n) is 3.75. The van der Waals surface area contributed by atoms with Crippen LogP contribution in [0.15, 0.2) is 18.2 Å². The fourth-order valence-corrected chi connectivity index (χ4v) is 2.46. The van der Waals surface area contributed by atoms with Crippen LogP contribution >= 0.6 is 0 Å². The molecule has 22 heavy (non-hydrogen) atoms. The summed E-state index contributed by atoms with van der Waals surface area (Å²) in [5.74, 6) is -0.790. The summed E-state index contributed by atoms with van der Waals surface area (Å²) >= 11 is 0. The Balaban J connectivity index is 2.42. The minimum absolute atomic E-state index is 0.0526. The first-order valence-corrected chi connectivity index (χ1v) is 7.01. The van der Waals surface area contributed by atoms with Crippen molar-refractivity contribution in [3.63, 3.8) is 0 Å². The van der Waals surface area contributed by atoms with Gasteiger partial charge in [0.2, 0.25) is 5.78 Å². The number of ketones is 2. The zero-order chi connectivity index (χ0) is 16.3. The van der Waals surface area contributed by atoms with Crippen molar-refractivity contribution in [2.24, 2.45) is 0 Å². The predicted octanol–water partition coefficient (Wildman–Crippen LogP) is 1.94. The van der Waals surface area contributed by atoms with Crippen LogP contribution in [0, 0.1) is 0 Å². The molecular formula is C16H18O6. The lowest BCUT2D eigenvalue weighted by molar-refractivity contribution is -0.154. The molecule has 0 spiro atoms. The SMILES string of the molecule is CCC(=O)CC[C@]1(C(=O)OC)Oc2c(OC)cccc2C1=O. The van der Waals surface area contributed by atoms with Gasteiger partial charge in [-0.2, -0.15) is 0 Å². The molecule has 1 aromatic rings. The van der Waals surface area contributed by atoms with E-state index in [-0.39, 0.29) is 29.9 Å². The monoisotopic (exact) mass is 306 g/mol. The number of methoxy groups -OCH3 is 2. The van der Waals surface area contributed by atoms with E-state index in [0.717, 1.165) is 0 Å². The lowest BCUT2D eigenvalue weighted by Crippen LogP contribution is -2.49. The fraction of sp³-hybridized carbons (Fsp3) is 0.438. The number of hydrogen-bond acceptors (Lipinski definition) is 6. The smallest absolute Gasteiger partial charge is 0.358 e. The van der Waals surface area contributed by atoms with Crippen molar-refractivity contribution in [3.05, 3.63) is 23.8 Å². The molecule has 0 bridgehead atoms. The van der Waals surface area contributed by atoms with Gasteiger partial charge in [-0.1, -0.05) is 13.0 Å². The molecule has 0 saturated carbocycles. The van der Waals surface area contributed by atoms with Crippen LogP contribution in [0.5, 0.6) is 11.5 Å². The van der Waals surface area contributed by atoms with Gasteiger partial charge in [-0.15, -0.1) is 0 Å². The van der Waals surface area contributed by atoms with Gasteiger partial charge >= 0.3 is 5.97 Å². The number of Topliss-reactive ketones (excluding diaryl/α,β-unsaturated/α-hetero) is 2. The molecule has 2 rings (SSSR count). The molecule has 1 aliphatic heterocycles. The van der Waals surface area contributed by atoms with Crippen LogP contribution in [-0.4, -0.2) is 37.4 Å². The molecular weight excluding hydrogens is 288 g/mol. The summed E-state index contributed by atoms with van der Waals surface area (Å²) in [7, 11) is 2.63. The highest BCUT2D eigenvalue weighted by Crippen LogP contribution is 2.44. The third-order valence-corrected chi connectivity index (χ3v) is 3.75. The lowest BCUT2D eigenvalue weighted by atomic mass is 9.89. The highest BCUT2D eigenvalue weighted by molar-refractivity contribution is 6.19. The number of benzene rings is 1. The second kappa shape index (κ2) is 6.17. The Morgan fingerprint density at radius 1 is 1.27 bits per heavy atom. The minimum Gasteiger partial charge on any atom is -0.493 e. The van der Waals surface area contributed by atoms with Crippen LogP contribution in [0.4, 0.5) is 0 Å². The minimum atomic E-state index is -1.81. The number of carbonyl (C=O) groups excluding carboxylic acids is 3. The summed E-state index contributed by atoms with van der Waals surface area (Å²) in [6.45, 7) is 1.72. The fourth-order valence-electron chi connectivity index (χ4n) is 2.46. The standard InChI is InChI=1S/C16H18O6/c1-4-10(17)8-9-16(15(19)21-3)14(18)11-6-5-7-12(20-2)13(11)22-16/h5-7H,4,8-9H2,1-3H3/t16-/m0/s1. The summed E-state index contributed by atoms with van der Waals surface area (Å²) < 4.78 is 15.6. The van der Waals surface area contributed by atoms with Gasteiger partial charge in [0, 0.05) is 19.3 Å². The maximum Gasteiger partial charge on any atom is 0.358 e. The Labute approximate surface area is 128 Å². The first kappa shape index (κ1) is 16.0. The van der Waals surface area contributed by atoms with E-state index in [4.69, 9.17) is 14.2 Å². The van der Waals surface area contributed by atoms with Gasteiger partial charge in [0.1, 0.15) is 5.78 Å². The first-order chi connectivity index (χ1) is 10.5. The van der Waals surface area contributed by atoms with Crippen LogP contribution in [0.2, 0.25) is 0 Å². The van der Waals surface area contributed by atoms with Crippen LogP contribution in [-0.2, 0) is 14.3 Å². The largest absolute Gasteiger partial charge is 0.493 e. The third kappa shape index (κ3) is 2.45. The molecule has 6 heteroatoms. The molecule has 1 atom stereocenters. The van der Waals surface area contributed by atoms with Gasteiger partial charge in [0.05, 0.1) is 19.8 Å². The number of carbonyl (C=O) groups is 3. The Hall–Kier alpha value is -2.37. The first-order valence-electron chi connectivity index (χ1n) is 7.01. The van der Waals surface area contributed by atoms with Gasteiger partial charge < -0.3 is 14.2 Å². The summed E-state index contributed by atoms with van der Waals surface area (Å²) in [6, 6.07) is 4.84. The number of esters is 1. The van der Waals surface area contributed by atoms with E-state index in [1.165, 1.54) is 14.2 Å². The van der Waals surface area contributed by atoms with Crippen LogP contribution in [0.25, 0.3) is 0 Å². The van der Waals surface area contributed by atoms with Gasteiger partial charge in [-0.3, -0.25) is 9.59 Å². The predicted molar refractivity (Wildman–Crippen MR) is 77.2 cm³/mol. The van der Waals surface area contributed by atoms with E-state index in [1.807, 2.05) is 0 Å². The summed E-state index contributed by atoms with van der Waals surface area (Å²) in [4.78, 5) is 36.5. The second-order valence-electron chi connectivity index (χ2n) is 4.98. The van der Waals surface area contributed by atoms with Gasteiger partial charge in [0.25, 0.3) is 5.60 Å². The van der Waals surface area contributed by atoms with E-state index >= 15 is 0 Å². The molecule has 0 unspecified atom stereocenters. The van der Waals surface area contributed by atoms with Gasteiger partial charge in [0.15, 0.2) is 11.5 Å². The molecule has 6 nitrogen and oxygen atoms in total. The van der Waals surface area contributed by atoms with Crippen molar-refractivity contribution >= 4 is 17.5 Å². The van der Waals surface area contributed by atoms with Crippen molar-refractivity contribution in [2.75, 3.05) is 14.2 Å². The molecule has 118 valence electrons. The average molecular weight is 306 g/mol. The maximum atomic E-state index is 12.7. The molecule has 0 N–H and O–H groups in total. The van der Waals surface area contributed by atoms with Crippen molar-refractivity contribution in [1.29, 1.82) is 0 Å². The number of hydrogen-bond donors (Lipinski definition) is 0. The summed E-state index contributed by atoms with van der Waals surface area (Å²) in [5, 5.41) is 0. The van der Waals surface area contributed by atoms with Crippen molar-refractivity contribution < 1.29 is 28.6 Å². The molecule has 0 aromatic heterocycles. The zero-order valence-corrected chi connectivity index (χ0v) is 12.8. The van der Waals surface area contributed by atoms with E-state index in [1.54, 1.807) is 25.1 Å². The highest BCUT2D eigenvalue weighted by atomic mass is 16.6. The Morgan fingerprint density at radius 2 is 2.00 bits per heavy atom. The van der Waals surface area contributed by atoms with E-state index in [9.17, 15) is 14.4 Å². The Morgan fingerprint density at radius 3 is 2.59 bits per heavy atom. The number of ether oxygens (including phenoxy) is 3. The Kier molecular flexibility index (Phi) is 4.49. The summed E-state index contributed by atoms with van der Waals surface area (Å²) in [5.41, 5.74) is -1.55. The molecule has 0 fully saturated rings. The second-order valence-corrected chi connectivity index (χ2v) is 4.98. The van der Waals surface area contributed by atoms with Crippen molar-refractivity contribution in [3.8, 4) is 11.5 Å². The molecule has 0 radical (unpaired) electrons. The van der Waals surface area contributed by atoms with Gasteiger partial charge in [-0.25, -0.2) is 4.79 Å². The molecule has 0 saturated heterocycles. The van der Waals surface area contributed by atoms with Crippen molar-refractivity contribution in [1.82, 2.24) is 0 Å². The van der Waals surface area contributed by atoms with Crippen LogP contribution in [0.3, 0.4) is 0 Å². The van der Waals surface area contributed by atoms with Crippen LogP contribution in [0.1, 0.15) is 36.5 Å². The number of fused-ring (bicyclic) bond motifs is 1. The van der Waals surface area contributed by atoms with Crippen molar-refractivity contribution in [2.45, 2.75) is 31.8 Å². The van der Waals surface area contributed by atoms with Crippen LogP contribution < -0.4 is 9.47 Å². The van der Waals surface area contributed by atoms with E-state index in [0.29, 0.717) is 12.2 Å².